The molecular formula is C13H12N2O4S. The van der Waals surface area contributed by atoms with Crippen LogP contribution in [-0.2, 0) is 14.3 Å². The number of hydrogen-bond acceptors (Lipinski definition) is 6. The molecule has 0 atom stereocenters. The van der Waals surface area contributed by atoms with Crippen LogP contribution in [0.5, 0.6) is 0 Å². The van der Waals surface area contributed by atoms with E-state index >= 15 is 0 Å². The van der Waals surface area contributed by atoms with Crippen molar-refractivity contribution in [2.24, 2.45) is 0 Å². The van der Waals surface area contributed by atoms with E-state index in [0.717, 1.165) is 11.8 Å². The second-order valence-electron chi connectivity index (χ2n) is 3.82. The van der Waals surface area contributed by atoms with Gasteiger partial charge in [0.25, 0.3) is 5.56 Å². The van der Waals surface area contributed by atoms with Gasteiger partial charge >= 0.3 is 5.97 Å². The smallest absolute Gasteiger partial charge is 0.375 e. The van der Waals surface area contributed by atoms with Crippen molar-refractivity contribution >= 4 is 34.4 Å². The first-order valence-corrected chi connectivity index (χ1v) is 6.92. The number of fused-ring (bicyclic) bond motifs is 1. The number of aromatic nitrogens is 2. The van der Waals surface area contributed by atoms with Crippen molar-refractivity contribution in [3.63, 3.8) is 0 Å². The molecule has 20 heavy (non-hydrogen) atoms. The average Bonchev–Trinajstić information content (AvgIpc) is 2.45. The van der Waals surface area contributed by atoms with Crippen molar-refractivity contribution in [3.05, 3.63) is 34.6 Å². The Morgan fingerprint density at radius 1 is 1.35 bits per heavy atom. The monoisotopic (exact) mass is 292 g/mol. The number of para-hydroxylation sites is 1. The van der Waals surface area contributed by atoms with Crippen LogP contribution in [0.1, 0.15) is 6.92 Å². The van der Waals surface area contributed by atoms with Gasteiger partial charge in [-0.25, -0.2) is 9.78 Å². The average molecular weight is 292 g/mol. The maximum absolute atomic E-state index is 11.8. The quantitative estimate of drug-likeness (QED) is 0.385. The summed E-state index contributed by atoms with van der Waals surface area (Å²) < 4.78 is 4.59. The van der Waals surface area contributed by atoms with Gasteiger partial charge in [-0.1, -0.05) is 23.9 Å². The first kappa shape index (κ1) is 14.3. The minimum Gasteiger partial charge on any atom is -0.460 e. The van der Waals surface area contributed by atoms with Crippen LogP contribution in [0.4, 0.5) is 0 Å². The third kappa shape index (κ3) is 3.24. The van der Waals surface area contributed by atoms with Crippen LogP contribution in [0.15, 0.2) is 34.2 Å². The number of benzene rings is 1. The zero-order chi connectivity index (χ0) is 14.5. The lowest BCUT2D eigenvalue weighted by atomic mass is 10.2. The van der Waals surface area contributed by atoms with Crippen LogP contribution in [-0.4, -0.2) is 34.1 Å². The Bertz CT molecular complexity index is 711. The largest absolute Gasteiger partial charge is 0.460 e. The predicted molar refractivity (Wildman–Crippen MR) is 74.7 cm³/mol. The fraction of sp³-hybridized carbons (Fsp3) is 0.231. The molecule has 1 aromatic heterocycles. The first-order valence-electron chi connectivity index (χ1n) is 5.93. The number of ether oxygens (including phenoxy) is 1. The molecule has 0 aliphatic heterocycles. The van der Waals surface area contributed by atoms with Gasteiger partial charge < -0.3 is 9.72 Å². The number of ketones is 1. The number of rotatable bonds is 5. The lowest BCUT2D eigenvalue weighted by Gasteiger charge is -2.02. The minimum absolute atomic E-state index is 0.125. The fourth-order valence-corrected chi connectivity index (χ4v) is 2.25. The number of aromatic amines is 1. The molecule has 2 aromatic rings. The van der Waals surface area contributed by atoms with E-state index in [-0.39, 0.29) is 17.9 Å². The predicted octanol–water partition coefficient (Wildman–Crippen LogP) is 1.15. The van der Waals surface area contributed by atoms with Crippen molar-refractivity contribution < 1.29 is 14.3 Å². The molecule has 0 aliphatic rings. The topological polar surface area (TPSA) is 89.1 Å². The SMILES string of the molecule is CCOC(=O)C(=O)CSc1nc2ccccc2c(=O)[nH]1. The Balaban J connectivity index is 2.13. The molecule has 0 bridgehead atoms. The van der Waals surface area contributed by atoms with Gasteiger partial charge in [0.15, 0.2) is 5.16 Å². The molecule has 0 unspecified atom stereocenters. The highest BCUT2D eigenvalue weighted by atomic mass is 32.2. The number of esters is 1. The van der Waals surface area contributed by atoms with E-state index in [4.69, 9.17) is 0 Å². The van der Waals surface area contributed by atoms with E-state index in [1.165, 1.54) is 0 Å². The van der Waals surface area contributed by atoms with Crippen LogP contribution >= 0.6 is 11.8 Å². The lowest BCUT2D eigenvalue weighted by molar-refractivity contribution is -0.152. The van der Waals surface area contributed by atoms with Crippen molar-refractivity contribution in [1.82, 2.24) is 9.97 Å². The molecule has 1 N–H and O–H groups in total. The zero-order valence-electron chi connectivity index (χ0n) is 10.7. The molecule has 0 spiro atoms. The van der Waals surface area contributed by atoms with Crippen LogP contribution < -0.4 is 5.56 Å². The fourth-order valence-electron chi connectivity index (χ4n) is 1.54. The number of carbonyl (C=O) groups is 2. The summed E-state index contributed by atoms with van der Waals surface area (Å²) in [7, 11) is 0. The third-order valence-electron chi connectivity index (χ3n) is 2.43. The standard InChI is InChI=1S/C13H12N2O4S/c1-2-19-12(18)10(16)7-20-13-14-9-6-4-3-5-8(9)11(17)15-13/h3-6H,2,7H2,1H3,(H,14,15,17). The first-order chi connectivity index (χ1) is 9.61. The molecule has 104 valence electrons. The molecule has 1 aromatic carbocycles. The normalized spacial score (nSPS) is 10.4. The lowest BCUT2D eigenvalue weighted by Crippen LogP contribution is -2.19. The molecule has 0 amide bonds. The molecule has 7 heteroatoms. The number of H-pyrrole nitrogens is 1. The highest BCUT2D eigenvalue weighted by Gasteiger charge is 2.15. The number of nitrogens with zero attached hydrogens (tertiary/aromatic N) is 1. The van der Waals surface area contributed by atoms with E-state index in [1.807, 2.05) is 0 Å². The molecule has 0 aliphatic carbocycles. The molecule has 0 fully saturated rings. The maximum atomic E-state index is 11.8. The highest BCUT2D eigenvalue weighted by Crippen LogP contribution is 2.14. The van der Waals surface area contributed by atoms with Crippen LogP contribution in [0.2, 0.25) is 0 Å². The number of carbonyl (C=O) groups excluding carboxylic acids is 2. The van der Waals surface area contributed by atoms with Gasteiger partial charge in [-0.2, -0.15) is 0 Å². The maximum Gasteiger partial charge on any atom is 0.375 e. The van der Waals surface area contributed by atoms with Crippen LogP contribution in [0.25, 0.3) is 10.9 Å². The summed E-state index contributed by atoms with van der Waals surface area (Å²) in [5.41, 5.74) is 0.268. The highest BCUT2D eigenvalue weighted by molar-refractivity contribution is 7.99. The Hall–Kier alpha value is -2.15. The number of hydrogen-bond donors (Lipinski definition) is 1. The second kappa shape index (κ2) is 6.33. The van der Waals surface area contributed by atoms with Gasteiger partial charge in [-0.15, -0.1) is 0 Å². The Labute approximate surface area is 118 Å². The molecule has 0 radical (unpaired) electrons. The number of Topliss-reactive ketones (excluding diaryl/α,β-unsaturated/α-hetero) is 1. The van der Waals surface area contributed by atoms with Gasteiger partial charge in [0, 0.05) is 0 Å². The Morgan fingerprint density at radius 2 is 2.10 bits per heavy atom. The molecule has 1 heterocycles. The summed E-state index contributed by atoms with van der Waals surface area (Å²) in [4.78, 5) is 41.2. The second-order valence-corrected chi connectivity index (χ2v) is 4.78. The number of nitrogens with one attached hydrogen (secondary N) is 1. The van der Waals surface area contributed by atoms with E-state index in [0.29, 0.717) is 16.1 Å². The van der Waals surface area contributed by atoms with Crippen molar-refractivity contribution in [2.45, 2.75) is 12.1 Å². The van der Waals surface area contributed by atoms with E-state index < -0.39 is 11.8 Å². The Kier molecular flexibility index (Phi) is 4.52. The summed E-state index contributed by atoms with van der Waals surface area (Å²) in [5, 5.41) is 0.778. The van der Waals surface area contributed by atoms with Crippen molar-refractivity contribution in [3.8, 4) is 0 Å². The van der Waals surface area contributed by atoms with E-state index in [1.54, 1.807) is 31.2 Å². The molecule has 6 nitrogen and oxygen atoms in total. The summed E-state index contributed by atoms with van der Waals surface area (Å²) in [6.45, 7) is 1.78. The molecule has 2 rings (SSSR count). The summed E-state index contributed by atoms with van der Waals surface area (Å²) >= 11 is 0.995. The van der Waals surface area contributed by atoms with Gasteiger partial charge in [0.1, 0.15) is 0 Å². The third-order valence-corrected chi connectivity index (χ3v) is 3.31. The molecular weight excluding hydrogens is 280 g/mol. The summed E-state index contributed by atoms with van der Waals surface area (Å²) in [6, 6.07) is 6.89. The van der Waals surface area contributed by atoms with Crippen molar-refractivity contribution in [1.29, 1.82) is 0 Å². The zero-order valence-corrected chi connectivity index (χ0v) is 11.5. The summed E-state index contributed by atoms with van der Waals surface area (Å²) in [5.74, 6) is -1.66. The van der Waals surface area contributed by atoms with E-state index in [2.05, 4.69) is 14.7 Å². The molecule has 0 saturated carbocycles. The van der Waals surface area contributed by atoms with Gasteiger partial charge in [-0.05, 0) is 19.1 Å². The van der Waals surface area contributed by atoms with Gasteiger partial charge in [0.2, 0.25) is 5.78 Å². The van der Waals surface area contributed by atoms with Gasteiger partial charge in [0.05, 0.1) is 23.3 Å². The molecule has 0 saturated heterocycles. The number of thioether (sulfide) groups is 1. The van der Waals surface area contributed by atoms with Crippen LogP contribution in [0, 0.1) is 0 Å². The van der Waals surface area contributed by atoms with E-state index in [9.17, 15) is 14.4 Å². The van der Waals surface area contributed by atoms with Crippen molar-refractivity contribution in [2.75, 3.05) is 12.4 Å². The minimum atomic E-state index is -0.872. The van der Waals surface area contributed by atoms with Gasteiger partial charge in [-0.3, -0.25) is 9.59 Å². The van der Waals surface area contributed by atoms with Crippen LogP contribution in [0.3, 0.4) is 0 Å². The summed E-state index contributed by atoms with van der Waals surface area (Å²) in [6.07, 6.45) is 0. The Morgan fingerprint density at radius 3 is 2.85 bits per heavy atom.